The van der Waals surface area contributed by atoms with E-state index in [1.54, 1.807) is 19.3 Å². The van der Waals surface area contributed by atoms with Crippen molar-refractivity contribution in [1.82, 2.24) is 4.98 Å². The minimum Gasteiger partial charge on any atom is -0.299 e. The fraction of sp³-hybridized carbons (Fsp3) is 0.400. The van der Waals surface area contributed by atoms with Crippen LogP contribution in [0.3, 0.4) is 0 Å². The van der Waals surface area contributed by atoms with Crippen LogP contribution in [0.1, 0.15) is 26.3 Å². The smallest absolute Gasteiger partial charge is 0.139 e. The number of aromatic nitrogens is 1. The van der Waals surface area contributed by atoms with E-state index < -0.39 is 5.41 Å². The van der Waals surface area contributed by atoms with E-state index in [4.69, 9.17) is 0 Å². The van der Waals surface area contributed by atoms with Crippen molar-refractivity contribution in [2.24, 2.45) is 0 Å². The molecule has 1 rings (SSSR count). The Morgan fingerprint density at radius 3 is 2.58 bits per heavy atom. The molecule has 1 heterocycles. The predicted octanol–water partition coefficient (Wildman–Crippen LogP) is 1.95. The van der Waals surface area contributed by atoms with E-state index in [0.29, 0.717) is 0 Å². The van der Waals surface area contributed by atoms with E-state index >= 15 is 0 Å². The zero-order chi connectivity index (χ0) is 9.19. The molecular weight excluding hydrogens is 150 g/mol. The number of hydrogen-bond acceptors (Lipinski definition) is 2. The maximum absolute atomic E-state index is 11.2. The molecule has 1 aromatic heterocycles. The fourth-order valence-electron chi connectivity index (χ4n) is 0.936. The van der Waals surface area contributed by atoms with E-state index in [1.165, 1.54) is 0 Å². The van der Waals surface area contributed by atoms with Gasteiger partial charge in [0, 0.05) is 17.8 Å². The number of rotatable bonds is 2. The number of ketones is 1. The summed E-state index contributed by atoms with van der Waals surface area (Å²) in [5, 5.41) is 0. The van der Waals surface area contributed by atoms with Gasteiger partial charge in [0.1, 0.15) is 5.78 Å². The first-order valence-electron chi connectivity index (χ1n) is 3.96. The van der Waals surface area contributed by atoms with Gasteiger partial charge in [-0.15, -0.1) is 0 Å². The van der Waals surface area contributed by atoms with E-state index in [1.807, 2.05) is 26.0 Å². The first kappa shape index (κ1) is 8.91. The number of Topliss-reactive ketones (excluding diaryl/α,β-unsaturated/α-hetero) is 1. The molecule has 0 unspecified atom stereocenters. The lowest BCUT2D eigenvalue weighted by Crippen LogP contribution is -2.26. The van der Waals surface area contributed by atoms with Crippen molar-refractivity contribution in [1.29, 1.82) is 0 Å². The fourth-order valence-corrected chi connectivity index (χ4v) is 0.936. The summed E-state index contributed by atoms with van der Waals surface area (Å²) in [4.78, 5) is 15.2. The second-order valence-corrected chi connectivity index (χ2v) is 3.42. The summed E-state index contributed by atoms with van der Waals surface area (Å²) < 4.78 is 0. The minimum absolute atomic E-state index is 0.163. The van der Waals surface area contributed by atoms with E-state index in [0.717, 1.165) is 5.56 Å². The molecule has 2 heteroatoms. The van der Waals surface area contributed by atoms with Crippen LogP contribution >= 0.6 is 0 Å². The summed E-state index contributed by atoms with van der Waals surface area (Å²) in [7, 11) is 0. The van der Waals surface area contributed by atoms with E-state index in [2.05, 4.69) is 4.98 Å². The van der Waals surface area contributed by atoms with Crippen LogP contribution in [-0.4, -0.2) is 10.8 Å². The Bertz CT molecular complexity index is 277. The highest BCUT2D eigenvalue weighted by Gasteiger charge is 2.25. The van der Waals surface area contributed by atoms with Crippen LogP contribution in [0.5, 0.6) is 0 Å². The molecule has 0 atom stereocenters. The number of pyridine rings is 1. The quantitative estimate of drug-likeness (QED) is 0.667. The molecule has 0 spiro atoms. The van der Waals surface area contributed by atoms with Crippen LogP contribution < -0.4 is 0 Å². The molecule has 0 bridgehead atoms. The van der Waals surface area contributed by atoms with Gasteiger partial charge in [-0.1, -0.05) is 6.07 Å². The second-order valence-electron chi connectivity index (χ2n) is 3.42. The highest BCUT2D eigenvalue weighted by Crippen LogP contribution is 2.22. The lowest BCUT2D eigenvalue weighted by Gasteiger charge is -2.20. The molecule has 12 heavy (non-hydrogen) atoms. The third kappa shape index (κ3) is 1.52. The molecule has 0 N–H and O–H groups in total. The predicted molar refractivity (Wildman–Crippen MR) is 47.9 cm³/mol. The lowest BCUT2D eigenvalue weighted by molar-refractivity contribution is -0.121. The van der Waals surface area contributed by atoms with Gasteiger partial charge in [0.05, 0.1) is 0 Å². The summed E-state index contributed by atoms with van der Waals surface area (Å²) >= 11 is 0. The van der Waals surface area contributed by atoms with Crippen LogP contribution in [0.25, 0.3) is 0 Å². The molecule has 0 fully saturated rings. The van der Waals surface area contributed by atoms with Crippen molar-refractivity contribution in [2.45, 2.75) is 26.2 Å². The molecule has 0 aromatic carbocycles. The van der Waals surface area contributed by atoms with Crippen molar-refractivity contribution in [3.8, 4) is 0 Å². The second kappa shape index (κ2) is 3.05. The van der Waals surface area contributed by atoms with E-state index in [9.17, 15) is 4.79 Å². The average molecular weight is 163 g/mol. The summed E-state index contributed by atoms with van der Waals surface area (Å²) in [6.45, 7) is 5.42. The van der Waals surface area contributed by atoms with Crippen LogP contribution in [0.2, 0.25) is 0 Å². The molecular formula is C10H13NO. The van der Waals surface area contributed by atoms with Gasteiger partial charge in [-0.25, -0.2) is 0 Å². The van der Waals surface area contributed by atoms with Gasteiger partial charge < -0.3 is 0 Å². The van der Waals surface area contributed by atoms with Gasteiger partial charge in [-0.3, -0.25) is 9.78 Å². The van der Waals surface area contributed by atoms with Gasteiger partial charge >= 0.3 is 0 Å². The lowest BCUT2D eigenvalue weighted by atomic mass is 9.82. The van der Waals surface area contributed by atoms with Crippen molar-refractivity contribution in [3.63, 3.8) is 0 Å². The third-order valence-electron chi connectivity index (χ3n) is 2.26. The molecule has 2 nitrogen and oxygen atoms in total. The molecule has 0 saturated carbocycles. The molecule has 0 saturated heterocycles. The van der Waals surface area contributed by atoms with Crippen molar-refractivity contribution in [2.75, 3.05) is 0 Å². The van der Waals surface area contributed by atoms with Crippen molar-refractivity contribution in [3.05, 3.63) is 30.1 Å². The first-order valence-corrected chi connectivity index (χ1v) is 3.96. The summed E-state index contributed by atoms with van der Waals surface area (Å²) in [6, 6.07) is 3.77. The molecule has 64 valence electrons. The number of nitrogens with zero attached hydrogens (tertiary/aromatic N) is 1. The largest absolute Gasteiger partial charge is 0.299 e. The van der Waals surface area contributed by atoms with Crippen LogP contribution in [0, 0.1) is 0 Å². The molecule has 1 aromatic rings. The van der Waals surface area contributed by atoms with Crippen LogP contribution in [0.15, 0.2) is 24.5 Å². The number of carbonyl (C=O) groups is 1. The Morgan fingerprint density at radius 2 is 2.17 bits per heavy atom. The van der Waals surface area contributed by atoms with Gasteiger partial charge in [-0.05, 0) is 32.4 Å². The van der Waals surface area contributed by atoms with E-state index in [-0.39, 0.29) is 5.78 Å². The minimum atomic E-state index is -0.408. The highest BCUT2D eigenvalue weighted by molar-refractivity contribution is 5.86. The monoisotopic (exact) mass is 163 g/mol. The van der Waals surface area contributed by atoms with Gasteiger partial charge in [0.15, 0.2) is 0 Å². The number of hydrogen-bond donors (Lipinski definition) is 0. The average Bonchev–Trinajstić information content (AvgIpc) is 2.06. The third-order valence-corrected chi connectivity index (χ3v) is 2.26. The molecule has 0 aliphatic heterocycles. The van der Waals surface area contributed by atoms with Crippen LogP contribution in [-0.2, 0) is 10.2 Å². The molecule has 0 amide bonds. The summed E-state index contributed by atoms with van der Waals surface area (Å²) in [5.74, 6) is 0.163. The van der Waals surface area contributed by atoms with Crippen LogP contribution in [0.4, 0.5) is 0 Å². The molecule has 0 aliphatic carbocycles. The standard InChI is InChI=1S/C10H13NO/c1-8(12)10(2,3)9-5-4-6-11-7-9/h4-7H,1-3H3. The Balaban J connectivity index is 3.06. The molecule has 0 radical (unpaired) electrons. The summed E-state index contributed by atoms with van der Waals surface area (Å²) in [6.07, 6.45) is 3.45. The van der Waals surface area contributed by atoms with Gasteiger partial charge in [0.25, 0.3) is 0 Å². The number of carbonyl (C=O) groups excluding carboxylic acids is 1. The SMILES string of the molecule is CC(=O)C(C)(C)c1cccnc1. The zero-order valence-corrected chi connectivity index (χ0v) is 7.66. The van der Waals surface area contributed by atoms with Crippen molar-refractivity contribution < 1.29 is 4.79 Å². The topological polar surface area (TPSA) is 30.0 Å². The maximum Gasteiger partial charge on any atom is 0.139 e. The maximum atomic E-state index is 11.2. The molecule has 0 aliphatic rings. The Morgan fingerprint density at radius 1 is 1.50 bits per heavy atom. The van der Waals surface area contributed by atoms with Crippen molar-refractivity contribution >= 4 is 5.78 Å². The first-order chi connectivity index (χ1) is 5.55. The zero-order valence-electron chi connectivity index (χ0n) is 7.66. The Hall–Kier alpha value is -1.18. The summed E-state index contributed by atoms with van der Waals surface area (Å²) in [5.41, 5.74) is 0.561. The van der Waals surface area contributed by atoms with Gasteiger partial charge in [0.2, 0.25) is 0 Å². The van der Waals surface area contributed by atoms with Gasteiger partial charge in [-0.2, -0.15) is 0 Å². The highest BCUT2D eigenvalue weighted by atomic mass is 16.1. The normalized spacial score (nSPS) is 11.2. The Labute approximate surface area is 72.6 Å². The Kier molecular flexibility index (Phi) is 2.27.